The van der Waals surface area contributed by atoms with Gasteiger partial charge in [0, 0.05) is 16.7 Å². The fourth-order valence-electron chi connectivity index (χ4n) is 3.27. The van der Waals surface area contributed by atoms with Gasteiger partial charge in [-0.15, -0.1) is 0 Å². The van der Waals surface area contributed by atoms with E-state index in [1.165, 1.54) is 31.2 Å². The highest BCUT2D eigenvalue weighted by Gasteiger charge is 2.37. The van der Waals surface area contributed by atoms with Crippen LogP contribution in [0.15, 0.2) is 69.5 Å². The van der Waals surface area contributed by atoms with Crippen LogP contribution in [0, 0.1) is 12.8 Å². The first-order valence-electron chi connectivity index (χ1n) is 9.60. The number of sulfonamides is 1. The average Bonchev–Trinajstić information content (AvgIpc) is 2.71. The van der Waals surface area contributed by atoms with Gasteiger partial charge in [-0.2, -0.15) is 12.8 Å². The number of nitrogens with zero attached hydrogens (tertiary/aromatic N) is 1. The van der Waals surface area contributed by atoms with Crippen molar-refractivity contribution >= 4 is 33.3 Å². The van der Waals surface area contributed by atoms with Gasteiger partial charge in [0.05, 0.1) is 17.2 Å². The van der Waals surface area contributed by atoms with Crippen molar-refractivity contribution in [2.75, 3.05) is 6.61 Å². The lowest BCUT2D eigenvalue weighted by molar-refractivity contribution is -0.149. The summed E-state index contributed by atoms with van der Waals surface area (Å²) >= 11 is 0. The summed E-state index contributed by atoms with van der Waals surface area (Å²) in [6, 6.07) is 12.5. The number of rotatable bonds is 6. The molecule has 0 amide bonds. The number of allylic oxidation sites excluding steroid dienone is 1. The number of Topliss-reactive ketones (excluding diaryl/α,β-unsaturated/α-hetero) is 2. The number of fused-ring (bicyclic) bond motifs is 1. The standard InChI is InChI=1S/C23H21NO6S/c1-4-30-23(27)21(15(3)25)19-13-20(17-7-5-6-8-18(17)22(19)26)24-31(28,29)16-11-9-14(2)10-12-16/h5-13,21H,4H2,1-3H3/b24-20+. The molecule has 3 rings (SSSR count). The zero-order chi connectivity index (χ0) is 22.8. The molecule has 1 aliphatic carbocycles. The first kappa shape index (κ1) is 22.3. The first-order chi connectivity index (χ1) is 14.7. The third-order valence-corrected chi connectivity index (χ3v) is 6.08. The Morgan fingerprint density at radius 3 is 2.23 bits per heavy atom. The minimum absolute atomic E-state index is 0.0107. The highest BCUT2D eigenvalue weighted by molar-refractivity contribution is 7.90. The van der Waals surface area contributed by atoms with Gasteiger partial charge in [-0.3, -0.25) is 14.4 Å². The molecule has 0 N–H and O–H groups in total. The van der Waals surface area contributed by atoms with Gasteiger partial charge < -0.3 is 4.74 Å². The average molecular weight is 439 g/mol. The van der Waals surface area contributed by atoms with Crippen LogP contribution in [0.1, 0.15) is 35.3 Å². The minimum Gasteiger partial charge on any atom is -0.465 e. The molecule has 0 spiro atoms. The van der Waals surface area contributed by atoms with E-state index in [9.17, 15) is 22.8 Å². The summed E-state index contributed by atoms with van der Waals surface area (Å²) in [6.07, 6.45) is 1.19. The molecule has 0 saturated carbocycles. The van der Waals surface area contributed by atoms with E-state index in [1.54, 1.807) is 37.3 Å². The molecule has 0 heterocycles. The van der Waals surface area contributed by atoms with Gasteiger partial charge in [0.1, 0.15) is 11.7 Å². The van der Waals surface area contributed by atoms with Gasteiger partial charge in [0.15, 0.2) is 5.78 Å². The quantitative estimate of drug-likeness (QED) is 0.506. The van der Waals surface area contributed by atoms with Crippen molar-refractivity contribution < 1.29 is 27.5 Å². The van der Waals surface area contributed by atoms with Crippen LogP contribution in [0.2, 0.25) is 0 Å². The topological polar surface area (TPSA) is 107 Å². The maximum Gasteiger partial charge on any atom is 0.321 e. The summed E-state index contributed by atoms with van der Waals surface area (Å²) in [5, 5.41) is 0. The molecule has 0 fully saturated rings. The summed E-state index contributed by atoms with van der Waals surface area (Å²) in [5.41, 5.74) is 1.16. The van der Waals surface area contributed by atoms with Crippen LogP contribution in [0.3, 0.4) is 0 Å². The molecule has 0 aromatic heterocycles. The van der Waals surface area contributed by atoms with E-state index in [-0.39, 0.29) is 28.4 Å². The Morgan fingerprint density at radius 1 is 1.03 bits per heavy atom. The molecule has 0 saturated heterocycles. The molecule has 0 aliphatic heterocycles. The Kier molecular flexibility index (Phi) is 6.31. The van der Waals surface area contributed by atoms with E-state index >= 15 is 0 Å². The van der Waals surface area contributed by atoms with Crippen molar-refractivity contribution in [2.45, 2.75) is 25.7 Å². The molecule has 2 aromatic carbocycles. The lowest BCUT2D eigenvalue weighted by Gasteiger charge is -2.21. The van der Waals surface area contributed by atoms with Gasteiger partial charge in [0.25, 0.3) is 10.0 Å². The number of hydrogen-bond donors (Lipinski definition) is 0. The first-order valence-corrected chi connectivity index (χ1v) is 11.0. The maximum absolute atomic E-state index is 13.1. The molecule has 7 nitrogen and oxygen atoms in total. The molecular formula is C23H21NO6S. The van der Waals surface area contributed by atoms with Gasteiger partial charge in [-0.1, -0.05) is 42.0 Å². The van der Waals surface area contributed by atoms with Crippen molar-refractivity contribution in [1.29, 1.82) is 0 Å². The molecule has 0 radical (unpaired) electrons. The molecule has 8 heteroatoms. The fraction of sp³-hybridized carbons (Fsp3) is 0.217. The van der Waals surface area contributed by atoms with Crippen LogP contribution in [-0.2, 0) is 24.3 Å². The predicted octanol–water partition coefficient (Wildman–Crippen LogP) is 3.06. The number of aryl methyl sites for hydroxylation is 1. The molecule has 31 heavy (non-hydrogen) atoms. The van der Waals surface area contributed by atoms with Gasteiger partial charge in [-0.05, 0) is 39.0 Å². The molecule has 2 aromatic rings. The SMILES string of the molecule is CCOC(=O)C(C(C)=O)C1=C/C(=N\S(=O)(=O)c2ccc(C)cc2)c2ccccc2C1=O. The summed E-state index contributed by atoms with van der Waals surface area (Å²) in [5.74, 6) is -3.46. The Bertz CT molecular complexity index is 1220. The molecule has 1 atom stereocenters. The zero-order valence-electron chi connectivity index (χ0n) is 17.3. The fourth-order valence-corrected chi connectivity index (χ4v) is 4.27. The Hall–Kier alpha value is -3.39. The largest absolute Gasteiger partial charge is 0.465 e. The van der Waals surface area contributed by atoms with E-state index in [1.807, 2.05) is 6.92 Å². The lowest BCUT2D eigenvalue weighted by atomic mass is 9.81. The zero-order valence-corrected chi connectivity index (χ0v) is 18.1. The van der Waals surface area contributed by atoms with Crippen molar-refractivity contribution in [2.24, 2.45) is 10.3 Å². The molecule has 0 bridgehead atoms. The Morgan fingerprint density at radius 2 is 1.65 bits per heavy atom. The Balaban J connectivity index is 2.20. The van der Waals surface area contributed by atoms with E-state index in [4.69, 9.17) is 4.74 Å². The van der Waals surface area contributed by atoms with Crippen LogP contribution >= 0.6 is 0 Å². The van der Waals surface area contributed by atoms with Gasteiger partial charge in [0.2, 0.25) is 0 Å². The van der Waals surface area contributed by atoms with E-state index in [2.05, 4.69) is 4.40 Å². The molecular weight excluding hydrogens is 418 g/mol. The van der Waals surface area contributed by atoms with E-state index in [0.717, 1.165) is 5.56 Å². The summed E-state index contributed by atoms with van der Waals surface area (Å²) in [7, 11) is -4.11. The highest BCUT2D eigenvalue weighted by atomic mass is 32.2. The Labute approximate surface area is 180 Å². The number of esters is 1. The van der Waals surface area contributed by atoms with Crippen molar-refractivity contribution in [3.8, 4) is 0 Å². The molecule has 1 aliphatic rings. The maximum atomic E-state index is 13.1. The summed E-state index contributed by atoms with van der Waals surface area (Å²) in [6.45, 7) is 4.62. The van der Waals surface area contributed by atoms with Crippen molar-refractivity contribution in [1.82, 2.24) is 0 Å². The van der Waals surface area contributed by atoms with Gasteiger partial charge >= 0.3 is 5.97 Å². The summed E-state index contributed by atoms with van der Waals surface area (Å²) < 4.78 is 34.7. The van der Waals surface area contributed by atoms with Crippen LogP contribution in [-0.4, -0.2) is 38.3 Å². The second kappa shape index (κ2) is 8.77. The lowest BCUT2D eigenvalue weighted by Crippen LogP contribution is -2.32. The van der Waals surface area contributed by atoms with Crippen LogP contribution in [0.25, 0.3) is 0 Å². The van der Waals surface area contributed by atoms with Crippen molar-refractivity contribution in [3.05, 3.63) is 76.9 Å². The normalized spacial score (nSPS) is 15.8. The second-order valence-electron chi connectivity index (χ2n) is 7.03. The van der Waals surface area contributed by atoms with E-state index < -0.39 is 33.5 Å². The predicted molar refractivity (Wildman–Crippen MR) is 115 cm³/mol. The number of hydrogen-bond acceptors (Lipinski definition) is 6. The second-order valence-corrected chi connectivity index (χ2v) is 8.64. The number of ketones is 2. The van der Waals surface area contributed by atoms with E-state index in [0.29, 0.717) is 5.56 Å². The number of ether oxygens (including phenoxy) is 1. The molecule has 1 unspecified atom stereocenters. The monoisotopic (exact) mass is 439 g/mol. The highest BCUT2D eigenvalue weighted by Crippen LogP contribution is 2.29. The van der Waals surface area contributed by atoms with Crippen LogP contribution < -0.4 is 0 Å². The number of benzene rings is 2. The summed E-state index contributed by atoms with van der Waals surface area (Å²) in [4.78, 5) is 37.6. The van der Waals surface area contributed by atoms with Crippen molar-refractivity contribution in [3.63, 3.8) is 0 Å². The van der Waals surface area contributed by atoms with Crippen LogP contribution in [0.5, 0.6) is 0 Å². The van der Waals surface area contributed by atoms with Crippen LogP contribution in [0.4, 0.5) is 0 Å². The third-order valence-electron chi connectivity index (χ3n) is 4.78. The number of carbonyl (C=O) groups is 3. The molecule has 160 valence electrons. The third kappa shape index (κ3) is 4.54. The minimum atomic E-state index is -4.11. The number of carbonyl (C=O) groups excluding carboxylic acids is 3. The van der Waals surface area contributed by atoms with Gasteiger partial charge in [-0.25, -0.2) is 0 Å². The smallest absolute Gasteiger partial charge is 0.321 e.